The Morgan fingerprint density at radius 2 is 0.963 bits per heavy atom. The van der Waals surface area contributed by atoms with Gasteiger partial charge >= 0.3 is 173 Å². The van der Waals surface area contributed by atoms with E-state index in [-0.39, 0.29) is 0 Å². The van der Waals surface area contributed by atoms with Crippen LogP contribution >= 0.6 is 0 Å². The molecule has 0 heterocycles. The fourth-order valence-electron chi connectivity index (χ4n) is 3.70. The summed E-state index contributed by atoms with van der Waals surface area (Å²) in [4.78, 5) is 0. The van der Waals surface area contributed by atoms with Crippen molar-refractivity contribution in [3.05, 3.63) is 108 Å². The number of hydrogen-bond acceptors (Lipinski definition) is 1. The Balaban J connectivity index is 1.98. The summed E-state index contributed by atoms with van der Waals surface area (Å²) in [6.45, 7) is 0.752. The van der Waals surface area contributed by atoms with Gasteiger partial charge in [-0.15, -0.1) is 0 Å². The minimum atomic E-state index is -0.575. The predicted molar refractivity (Wildman–Crippen MR) is 114 cm³/mol. The van der Waals surface area contributed by atoms with Crippen LogP contribution in [0, 0.1) is 0 Å². The van der Waals surface area contributed by atoms with Crippen molar-refractivity contribution in [2.24, 2.45) is 0 Å². The molecule has 0 amide bonds. The molecule has 0 atom stereocenters. The molecule has 27 heavy (non-hydrogen) atoms. The summed E-state index contributed by atoms with van der Waals surface area (Å²) >= 11 is 2.25. The van der Waals surface area contributed by atoms with Crippen molar-refractivity contribution < 1.29 is 4.74 Å². The van der Waals surface area contributed by atoms with Gasteiger partial charge in [0.05, 0.1) is 0 Å². The summed E-state index contributed by atoms with van der Waals surface area (Å²) in [7, 11) is 0. The quantitative estimate of drug-likeness (QED) is 0.242. The molecule has 0 saturated carbocycles. The molecule has 3 aromatic rings. The Morgan fingerprint density at radius 1 is 0.556 bits per heavy atom. The number of benzene rings is 3. The first-order valence-electron chi connectivity index (χ1n) is 10.2. The summed E-state index contributed by atoms with van der Waals surface area (Å²) < 4.78 is 6.77. The van der Waals surface area contributed by atoms with E-state index in [4.69, 9.17) is 4.74 Å². The molecule has 134 valence electrons. The van der Waals surface area contributed by atoms with Gasteiger partial charge in [0.25, 0.3) is 0 Å². The van der Waals surface area contributed by atoms with E-state index in [0.29, 0.717) is 0 Å². The van der Waals surface area contributed by atoms with Gasteiger partial charge in [0.15, 0.2) is 0 Å². The molecule has 0 radical (unpaired) electrons. The maximum atomic E-state index is 6.77. The van der Waals surface area contributed by atoms with Gasteiger partial charge in [-0.05, 0) is 0 Å². The second-order valence-corrected chi connectivity index (χ2v) is 7.04. The third kappa shape index (κ3) is 4.93. The van der Waals surface area contributed by atoms with Crippen LogP contribution in [0.1, 0.15) is 42.4 Å². The zero-order valence-electron chi connectivity index (χ0n) is 16.3. The van der Waals surface area contributed by atoms with E-state index < -0.39 is 5.60 Å². The summed E-state index contributed by atoms with van der Waals surface area (Å²) in [5.41, 5.74) is 2.96. The second-order valence-electron chi connectivity index (χ2n) is 7.04. The number of hydrogen-bond donors (Lipinski definition) is 0. The molecule has 0 saturated heterocycles. The Labute approximate surface area is 173 Å². The normalized spacial score (nSPS) is 11.5. The van der Waals surface area contributed by atoms with Crippen LogP contribution in [0.3, 0.4) is 0 Å². The van der Waals surface area contributed by atoms with Crippen molar-refractivity contribution in [2.75, 3.05) is 6.61 Å². The standard InChI is InChI=1S/C25H27O.Li/c1-2-3-4-14-21-26-25(22-15-8-5-9-16-22,23-17-10-6-11-18-23)24-19-12-7-13-20-24;/h5-13,15-20H,1-4,14,21H2;. The number of unbranched alkanes of at least 4 members (excludes halogenated alkanes) is 3. The van der Waals surface area contributed by atoms with Crippen molar-refractivity contribution in [2.45, 2.75) is 36.4 Å². The summed E-state index contributed by atoms with van der Waals surface area (Å²) in [6.07, 6.45) is 4.91. The minimum absolute atomic E-state index is 0.575. The fraction of sp³-hybridized carbons (Fsp3) is 0.280. The van der Waals surface area contributed by atoms with Crippen molar-refractivity contribution in [3.8, 4) is 0 Å². The number of rotatable bonds is 10. The van der Waals surface area contributed by atoms with Crippen molar-refractivity contribution in [1.82, 2.24) is 0 Å². The zero-order chi connectivity index (χ0) is 18.8. The van der Waals surface area contributed by atoms with Gasteiger partial charge in [-0.1, -0.05) is 0 Å². The summed E-state index contributed by atoms with van der Waals surface area (Å²) in [5, 5.41) is 1.27. The molecule has 0 fully saturated rings. The molecule has 0 aliphatic carbocycles. The fourth-order valence-corrected chi connectivity index (χ4v) is 3.70. The van der Waals surface area contributed by atoms with Crippen LogP contribution in [-0.2, 0) is 10.3 Å². The van der Waals surface area contributed by atoms with E-state index in [1.54, 1.807) is 0 Å². The van der Waals surface area contributed by atoms with Gasteiger partial charge in [0, 0.05) is 0 Å². The van der Waals surface area contributed by atoms with E-state index in [1.807, 2.05) is 0 Å². The van der Waals surface area contributed by atoms with E-state index in [2.05, 4.69) is 109 Å². The molecule has 0 unspecified atom stereocenters. The van der Waals surface area contributed by atoms with Crippen LogP contribution in [0.2, 0.25) is 5.09 Å². The monoisotopic (exact) mass is 350 g/mol. The predicted octanol–water partition coefficient (Wildman–Crippen LogP) is 6.14. The van der Waals surface area contributed by atoms with Gasteiger partial charge < -0.3 is 0 Å². The van der Waals surface area contributed by atoms with Crippen LogP contribution in [-0.4, -0.2) is 24.3 Å². The van der Waals surface area contributed by atoms with Crippen LogP contribution < -0.4 is 0 Å². The first-order valence-corrected chi connectivity index (χ1v) is 10.2. The molecule has 0 N–H and O–H groups in total. The van der Waals surface area contributed by atoms with Crippen LogP contribution in [0.4, 0.5) is 0 Å². The molecule has 1 nitrogen and oxygen atoms in total. The molecule has 3 aromatic carbocycles. The average molecular weight is 350 g/mol. The molecule has 2 heteroatoms. The number of ether oxygens (including phenoxy) is 1. The zero-order valence-corrected chi connectivity index (χ0v) is 16.3. The van der Waals surface area contributed by atoms with E-state index in [1.165, 1.54) is 41.0 Å². The molecule has 0 aliphatic heterocycles. The van der Waals surface area contributed by atoms with Gasteiger partial charge in [-0.2, -0.15) is 0 Å². The Morgan fingerprint density at radius 3 is 1.37 bits per heavy atom. The molecule has 0 aromatic heterocycles. The van der Waals surface area contributed by atoms with Crippen molar-refractivity contribution in [1.29, 1.82) is 0 Å². The van der Waals surface area contributed by atoms with E-state index >= 15 is 0 Å². The van der Waals surface area contributed by atoms with Crippen molar-refractivity contribution in [3.63, 3.8) is 0 Å². The summed E-state index contributed by atoms with van der Waals surface area (Å²) in [6, 6.07) is 31.8. The summed E-state index contributed by atoms with van der Waals surface area (Å²) in [5.74, 6) is 0. The molecular formula is C25H27LiO. The van der Waals surface area contributed by atoms with Gasteiger partial charge in [-0.25, -0.2) is 0 Å². The molecule has 0 bridgehead atoms. The topological polar surface area (TPSA) is 9.23 Å². The second kappa shape index (κ2) is 10.5. The van der Waals surface area contributed by atoms with Gasteiger partial charge in [0.2, 0.25) is 0 Å². The molecule has 0 aliphatic rings. The Bertz CT molecular complexity index is 675. The van der Waals surface area contributed by atoms with Crippen LogP contribution in [0.25, 0.3) is 0 Å². The SMILES string of the molecule is [Li][CH2]CCCCCOC(c1ccccc1)(c1ccccc1)c1ccccc1. The van der Waals surface area contributed by atoms with Gasteiger partial charge in [0.1, 0.15) is 0 Å². The first kappa shape index (κ1) is 20.0. The maximum absolute atomic E-state index is 6.77. The molecule has 3 rings (SSSR count). The first-order chi connectivity index (χ1) is 13.4. The third-order valence-corrected chi connectivity index (χ3v) is 5.11. The average Bonchev–Trinajstić information content (AvgIpc) is 2.75. The molecule has 0 spiro atoms. The van der Waals surface area contributed by atoms with Gasteiger partial charge in [-0.3, -0.25) is 0 Å². The van der Waals surface area contributed by atoms with E-state index in [9.17, 15) is 0 Å². The third-order valence-electron chi connectivity index (χ3n) is 5.11. The van der Waals surface area contributed by atoms with Crippen LogP contribution in [0.5, 0.6) is 0 Å². The van der Waals surface area contributed by atoms with E-state index in [0.717, 1.165) is 13.0 Å². The molecular weight excluding hydrogens is 323 g/mol. The Kier molecular flexibility index (Phi) is 7.78. The van der Waals surface area contributed by atoms with Crippen LogP contribution in [0.15, 0.2) is 91.0 Å². The Hall–Kier alpha value is -1.78. The van der Waals surface area contributed by atoms with Crippen molar-refractivity contribution >= 4 is 17.7 Å².